The zero-order valence-corrected chi connectivity index (χ0v) is 41.2. The minimum absolute atomic E-state index is 0.0715. The first-order valence-corrected chi connectivity index (χ1v) is 24.9. The zero-order chi connectivity index (χ0) is 49.2. The number of carbonyl (C=O) groups excluding carboxylic acids is 3. The molecule has 2 amide bonds. The van der Waals surface area contributed by atoms with Crippen LogP contribution in [0, 0.1) is 0 Å². The fraction of sp³-hybridized carbons (Fsp3) is 0.295. The van der Waals surface area contributed by atoms with Crippen LogP contribution in [-0.2, 0) is 25.9 Å². The van der Waals surface area contributed by atoms with Gasteiger partial charge in [0.1, 0.15) is 12.4 Å². The molecule has 0 bridgehead atoms. The molecule has 0 N–H and O–H groups in total. The summed E-state index contributed by atoms with van der Waals surface area (Å²) in [5, 5.41) is 0. The predicted molar refractivity (Wildman–Crippen MR) is 281 cm³/mol. The van der Waals surface area contributed by atoms with Crippen molar-refractivity contribution in [1.82, 2.24) is 9.80 Å². The van der Waals surface area contributed by atoms with E-state index in [2.05, 4.69) is 98.2 Å². The summed E-state index contributed by atoms with van der Waals surface area (Å²) in [6.45, 7) is 15.3. The van der Waals surface area contributed by atoms with Crippen LogP contribution in [0.25, 0.3) is 12.2 Å². The minimum atomic E-state index is -0.436. The van der Waals surface area contributed by atoms with E-state index in [0.717, 1.165) is 72.6 Å². The molecule has 0 radical (unpaired) electrons. The summed E-state index contributed by atoms with van der Waals surface area (Å²) in [7, 11) is 0. The normalized spacial score (nSPS) is 19.0. The van der Waals surface area contributed by atoms with Crippen molar-refractivity contribution in [1.29, 1.82) is 0 Å². The molecule has 1 atom stereocenters. The van der Waals surface area contributed by atoms with Gasteiger partial charge in [0.25, 0.3) is 11.8 Å². The van der Waals surface area contributed by atoms with Gasteiger partial charge in [-0.25, -0.2) is 4.79 Å². The third-order valence-electron chi connectivity index (χ3n) is 14.9. The molecule has 71 heavy (non-hydrogen) atoms. The fourth-order valence-corrected chi connectivity index (χ4v) is 11.5. The number of hydrogen-bond donors (Lipinski definition) is 0. The molecule has 2 heterocycles. The summed E-state index contributed by atoms with van der Waals surface area (Å²) in [6.07, 6.45) is 9.08. The number of rotatable bonds is 12. The summed E-state index contributed by atoms with van der Waals surface area (Å²) in [5.41, 5.74) is 10.1. The highest BCUT2D eigenvalue weighted by Gasteiger charge is 2.56. The summed E-state index contributed by atoms with van der Waals surface area (Å²) in [4.78, 5) is 59.4. The molecule has 6 aromatic rings. The summed E-state index contributed by atoms with van der Waals surface area (Å²) >= 11 is 0. The monoisotopic (exact) mass is 946 g/mol. The van der Waals surface area contributed by atoms with E-state index in [1.807, 2.05) is 107 Å². The molecule has 10 heteroatoms. The molecule has 1 unspecified atom stereocenters. The first-order chi connectivity index (χ1) is 34.3. The molecule has 4 aliphatic rings. The Kier molecular flexibility index (Phi) is 13.2. The highest BCUT2D eigenvalue weighted by Crippen LogP contribution is 2.63. The number of anilines is 2. The molecule has 2 aliphatic carbocycles. The van der Waals surface area contributed by atoms with E-state index >= 15 is 0 Å². The second kappa shape index (κ2) is 19.8. The molecular weight excluding hydrogens is 885 g/mol. The van der Waals surface area contributed by atoms with Gasteiger partial charge in [-0.1, -0.05) is 113 Å². The van der Waals surface area contributed by atoms with Gasteiger partial charge >= 0.3 is 5.97 Å². The number of hydrogen-bond acceptors (Lipinski definition) is 8. The van der Waals surface area contributed by atoms with E-state index in [4.69, 9.17) is 14.5 Å². The number of piperazine rings is 2. The van der Waals surface area contributed by atoms with Crippen LogP contribution in [0.1, 0.15) is 94.6 Å². The van der Waals surface area contributed by atoms with Crippen LogP contribution in [0.15, 0.2) is 158 Å². The lowest BCUT2D eigenvalue weighted by atomic mass is 9.72. The van der Waals surface area contributed by atoms with Crippen molar-refractivity contribution >= 4 is 41.3 Å². The van der Waals surface area contributed by atoms with Crippen molar-refractivity contribution in [3.63, 3.8) is 0 Å². The molecule has 6 aromatic carbocycles. The quantitative estimate of drug-likeness (QED) is 0.0299. The summed E-state index contributed by atoms with van der Waals surface area (Å²) in [6, 6.07) is 48.0. The Balaban J connectivity index is 0.742. The standard InChI is InChI=1S/C61H62N4O6/c1-59(2)42-61(54-40-50(26-28-52(54)59)70-56(66)30-21-45-19-24-49(25-20-45)63-33-37-65(38-34-63)58(68)47-15-9-6-10-16-47)43-60(3,4)53-29-27-51(41-55(53)61)71-69-39-11-12-44-17-22-48(23-18-44)62-31-35-64(36-32-62)57(67)46-13-7-5-8-14-46/h5-30,40-41H,31-39,42-43H2,1-4H3. The number of benzene rings is 6. The van der Waals surface area contributed by atoms with Crippen molar-refractivity contribution in [3.8, 4) is 11.5 Å². The first kappa shape index (κ1) is 47.3. The molecular formula is C61H62N4O6. The second-order valence-corrected chi connectivity index (χ2v) is 20.6. The Morgan fingerprint density at radius 1 is 0.507 bits per heavy atom. The molecule has 2 fully saturated rings. The van der Waals surface area contributed by atoms with Crippen molar-refractivity contribution in [2.45, 2.75) is 56.8 Å². The predicted octanol–water partition coefficient (Wildman–Crippen LogP) is 10.9. The van der Waals surface area contributed by atoms with Gasteiger partial charge in [-0.15, -0.1) is 0 Å². The van der Waals surface area contributed by atoms with Gasteiger partial charge < -0.3 is 29.2 Å². The molecule has 1 spiro atoms. The number of carbonyl (C=O) groups is 3. The van der Waals surface area contributed by atoms with Crippen molar-refractivity contribution < 1.29 is 28.9 Å². The average molecular weight is 947 g/mol. The minimum Gasteiger partial charge on any atom is -0.423 e. The fourth-order valence-electron chi connectivity index (χ4n) is 11.5. The molecule has 2 aliphatic heterocycles. The largest absolute Gasteiger partial charge is 0.423 e. The van der Waals surface area contributed by atoms with Crippen molar-refractivity contribution in [2.24, 2.45) is 0 Å². The number of nitrogens with zero attached hydrogens (tertiary/aromatic N) is 4. The number of ether oxygens (including phenoxy) is 1. The number of fused-ring (bicyclic) bond motifs is 4. The number of esters is 1. The Morgan fingerprint density at radius 2 is 0.958 bits per heavy atom. The Labute approximate surface area is 417 Å². The molecule has 362 valence electrons. The molecule has 10 rings (SSSR count). The maximum absolute atomic E-state index is 13.3. The summed E-state index contributed by atoms with van der Waals surface area (Å²) in [5.74, 6) is 0.895. The van der Waals surface area contributed by atoms with Gasteiger partial charge in [0.05, 0.1) is 0 Å². The number of amides is 2. The lowest BCUT2D eigenvalue weighted by molar-refractivity contribution is -0.195. The van der Waals surface area contributed by atoms with Crippen LogP contribution in [0.5, 0.6) is 11.5 Å². The van der Waals surface area contributed by atoms with Gasteiger partial charge in [0.15, 0.2) is 5.75 Å². The van der Waals surface area contributed by atoms with E-state index in [1.54, 1.807) is 6.08 Å². The zero-order valence-electron chi connectivity index (χ0n) is 41.2. The van der Waals surface area contributed by atoms with Crippen LogP contribution >= 0.6 is 0 Å². The van der Waals surface area contributed by atoms with E-state index in [-0.39, 0.29) is 34.7 Å². The topological polar surface area (TPSA) is 91.9 Å². The van der Waals surface area contributed by atoms with Crippen LogP contribution in [0.2, 0.25) is 0 Å². The van der Waals surface area contributed by atoms with E-state index in [9.17, 15) is 14.4 Å². The van der Waals surface area contributed by atoms with Crippen LogP contribution < -0.4 is 19.4 Å². The van der Waals surface area contributed by atoms with E-state index in [1.165, 1.54) is 28.3 Å². The van der Waals surface area contributed by atoms with Crippen LogP contribution in [0.4, 0.5) is 11.4 Å². The van der Waals surface area contributed by atoms with Crippen molar-refractivity contribution in [2.75, 3.05) is 68.8 Å². The SMILES string of the molecule is CC1(C)CC2(CC(C)(C)c3ccc(OC(=O)C=Cc4ccc(N5CCN(C(=O)c6ccccc6)CC5)cc4)cc32)c2cc(OOCC=Cc3ccc(N4CCN(C(=O)c5ccccc5)CC4)cc3)ccc21. The third kappa shape index (κ3) is 9.99. The molecule has 0 aromatic heterocycles. The van der Waals surface area contributed by atoms with Gasteiger partial charge in [-0.3, -0.25) is 9.59 Å². The maximum atomic E-state index is 13.3. The maximum Gasteiger partial charge on any atom is 0.336 e. The Bertz CT molecular complexity index is 2950. The smallest absolute Gasteiger partial charge is 0.336 e. The first-order valence-electron chi connectivity index (χ1n) is 24.9. The molecule has 2 saturated heterocycles. The van der Waals surface area contributed by atoms with Crippen LogP contribution in [0.3, 0.4) is 0 Å². The second-order valence-electron chi connectivity index (χ2n) is 20.6. The lowest BCUT2D eigenvalue weighted by Gasteiger charge is -2.36. The molecule has 0 saturated carbocycles. The summed E-state index contributed by atoms with van der Waals surface area (Å²) < 4.78 is 6.01. The highest BCUT2D eigenvalue weighted by atomic mass is 17.2. The van der Waals surface area contributed by atoms with Crippen molar-refractivity contribution in [3.05, 3.63) is 202 Å². The third-order valence-corrected chi connectivity index (χ3v) is 14.9. The van der Waals surface area contributed by atoms with Crippen LogP contribution in [-0.4, -0.2) is 86.5 Å². The van der Waals surface area contributed by atoms with Gasteiger partial charge in [0, 0.05) is 86.4 Å². The van der Waals surface area contributed by atoms with Gasteiger partial charge in [-0.05, 0) is 136 Å². The van der Waals surface area contributed by atoms with Gasteiger partial charge in [0.2, 0.25) is 0 Å². The highest BCUT2D eigenvalue weighted by molar-refractivity contribution is 5.95. The Hall–Kier alpha value is -7.43. The van der Waals surface area contributed by atoms with Gasteiger partial charge in [-0.2, -0.15) is 4.89 Å². The lowest BCUT2D eigenvalue weighted by Crippen LogP contribution is -2.48. The van der Waals surface area contributed by atoms with E-state index < -0.39 is 5.97 Å². The average Bonchev–Trinajstić information content (AvgIpc) is 3.76. The Morgan fingerprint density at radius 3 is 1.45 bits per heavy atom. The van der Waals surface area contributed by atoms with E-state index in [0.29, 0.717) is 37.7 Å². The molecule has 10 nitrogen and oxygen atoms in total.